The number of aliphatic carboxylic acids is 1. The van der Waals surface area contributed by atoms with Crippen LogP contribution >= 0.6 is 0 Å². The Hall–Kier alpha value is -1.83. The highest BCUT2D eigenvalue weighted by Gasteiger charge is 2.43. The van der Waals surface area contributed by atoms with Crippen LogP contribution in [0.5, 0.6) is 0 Å². The van der Waals surface area contributed by atoms with E-state index in [9.17, 15) is 19.5 Å². The quantitative estimate of drug-likeness (QED) is 0.675. The maximum atomic E-state index is 12.6. The second-order valence-corrected chi connectivity index (χ2v) is 5.41. The van der Waals surface area contributed by atoms with Gasteiger partial charge in [-0.2, -0.15) is 0 Å². The Morgan fingerprint density at radius 3 is 2.48 bits per heavy atom. The van der Waals surface area contributed by atoms with Crippen molar-refractivity contribution < 1.29 is 29.3 Å². The van der Waals surface area contributed by atoms with Crippen molar-refractivity contribution in [1.29, 1.82) is 0 Å². The van der Waals surface area contributed by atoms with E-state index in [0.29, 0.717) is 13.0 Å². The molecule has 2 fully saturated rings. The van der Waals surface area contributed by atoms with Gasteiger partial charge < -0.3 is 24.7 Å². The lowest BCUT2D eigenvalue weighted by atomic mass is 10.0. The van der Waals surface area contributed by atoms with Crippen LogP contribution in [0.3, 0.4) is 0 Å². The average Bonchev–Trinajstić information content (AvgIpc) is 2.88. The number of ether oxygens (including phenoxy) is 1. The molecule has 2 amide bonds. The van der Waals surface area contributed by atoms with Crippen molar-refractivity contribution in [2.24, 2.45) is 0 Å². The Bertz CT molecular complexity index is 440. The summed E-state index contributed by atoms with van der Waals surface area (Å²) in [7, 11) is 1.26. The van der Waals surface area contributed by atoms with E-state index in [1.54, 1.807) is 0 Å². The number of aliphatic hydroxyl groups excluding tert-OH is 1. The normalized spacial score (nSPS) is 29.3. The number of hydrogen-bond donors (Lipinski definition) is 2. The first-order valence-corrected chi connectivity index (χ1v) is 7.01. The summed E-state index contributed by atoms with van der Waals surface area (Å²) in [6.45, 7) is 0.359. The summed E-state index contributed by atoms with van der Waals surface area (Å²) in [4.78, 5) is 38.0. The molecule has 118 valence electrons. The fraction of sp³-hybridized carbons (Fsp3) is 0.769. The molecule has 2 N–H and O–H groups in total. The van der Waals surface area contributed by atoms with Gasteiger partial charge in [0.25, 0.3) is 0 Å². The molecule has 0 aromatic heterocycles. The minimum absolute atomic E-state index is 0.0117. The van der Waals surface area contributed by atoms with E-state index in [1.165, 1.54) is 12.0 Å². The zero-order chi connectivity index (χ0) is 15.6. The van der Waals surface area contributed by atoms with E-state index in [1.807, 2.05) is 0 Å². The summed E-state index contributed by atoms with van der Waals surface area (Å²) in [5.41, 5.74) is 0. The van der Waals surface area contributed by atoms with Crippen LogP contribution in [-0.2, 0) is 14.3 Å². The predicted octanol–water partition coefficient (Wildman–Crippen LogP) is -0.346. The van der Waals surface area contributed by atoms with Crippen LogP contribution in [0.4, 0.5) is 4.79 Å². The maximum Gasteiger partial charge on any atom is 0.328 e. The molecule has 8 nitrogen and oxygen atoms in total. The summed E-state index contributed by atoms with van der Waals surface area (Å²) in [6, 6.07) is -2.25. The van der Waals surface area contributed by atoms with Gasteiger partial charge in [0.15, 0.2) is 0 Å². The van der Waals surface area contributed by atoms with Crippen molar-refractivity contribution in [2.45, 2.75) is 43.9 Å². The first-order valence-electron chi connectivity index (χ1n) is 7.01. The molecule has 0 bridgehead atoms. The number of rotatable bonds is 2. The number of urea groups is 1. The number of methoxy groups -OCH3 is 1. The molecule has 2 saturated heterocycles. The van der Waals surface area contributed by atoms with Crippen LogP contribution in [0.25, 0.3) is 0 Å². The van der Waals surface area contributed by atoms with Crippen molar-refractivity contribution in [3.05, 3.63) is 0 Å². The Morgan fingerprint density at radius 1 is 1.14 bits per heavy atom. The lowest BCUT2D eigenvalue weighted by Crippen LogP contribution is -2.55. The Balaban J connectivity index is 2.16. The lowest BCUT2D eigenvalue weighted by molar-refractivity contribution is -0.147. The number of carbonyl (C=O) groups is 3. The monoisotopic (exact) mass is 300 g/mol. The molecule has 8 heteroatoms. The summed E-state index contributed by atoms with van der Waals surface area (Å²) in [5.74, 6) is -1.64. The molecular formula is C13H20N2O6. The Labute approximate surface area is 122 Å². The molecule has 3 atom stereocenters. The molecule has 0 spiro atoms. The smallest absolute Gasteiger partial charge is 0.328 e. The van der Waals surface area contributed by atoms with Crippen LogP contribution in [0.1, 0.15) is 25.7 Å². The number of esters is 1. The van der Waals surface area contributed by atoms with Gasteiger partial charge in [-0.25, -0.2) is 14.4 Å². The van der Waals surface area contributed by atoms with Crippen molar-refractivity contribution in [3.63, 3.8) is 0 Å². The number of carboxylic acids is 1. The number of β-amino-alcohol motifs (C(OH)–C–C–N with tert-alkyl or cyclic N) is 1. The number of likely N-dealkylation sites (tertiary alicyclic amines) is 2. The van der Waals surface area contributed by atoms with Crippen LogP contribution < -0.4 is 0 Å². The zero-order valence-electron chi connectivity index (χ0n) is 11.9. The molecule has 0 aromatic carbocycles. The van der Waals surface area contributed by atoms with E-state index in [2.05, 4.69) is 0 Å². The number of aliphatic hydroxyl groups is 1. The highest BCUT2D eigenvalue weighted by Crippen LogP contribution is 2.25. The molecule has 3 unspecified atom stereocenters. The van der Waals surface area contributed by atoms with Gasteiger partial charge in [-0.15, -0.1) is 0 Å². The van der Waals surface area contributed by atoms with E-state index < -0.39 is 36.2 Å². The summed E-state index contributed by atoms with van der Waals surface area (Å²) < 4.78 is 4.71. The molecule has 0 radical (unpaired) electrons. The topological polar surface area (TPSA) is 107 Å². The first kappa shape index (κ1) is 15.6. The van der Waals surface area contributed by atoms with Crippen molar-refractivity contribution in [1.82, 2.24) is 9.80 Å². The van der Waals surface area contributed by atoms with E-state index in [4.69, 9.17) is 9.84 Å². The molecular weight excluding hydrogens is 280 g/mol. The Kier molecular flexibility index (Phi) is 4.66. The standard InChI is InChI=1S/C13H20N2O6/c1-21-12(19)9-4-2-3-5-14(9)13(20)15-7-8(16)6-10(15)11(17)18/h8-10,16H,2-7H2,1H3,(H,17,18). The minimum Gasteiger partial charge on any atom is -0.480 e. The third-order valence-corrected chi connectivity index (χ3v) is 4.03. The highest BCUT2D eigenvalue weighted by atomic mass is 16.5. The molecule has 2 aliphatic rings. The largest absolute Gasteiger partial charge is 0.480 e. The number of nitrogens with zero attached hydrogens (tertiary/aromatic N) is 2. The minimum atomic E-state index is -1.15. The van der Waals surface area contributed by atoms with Gasteiger partial charge >= 0.3 is 18.0 Å². The van der Waals surface area contributed by atoms with Crippen molar-refractivity contribution >= 4 is 18.0 Å². The van der Waals surface area contributed by atoms with Gasteiger partial charge in [0.2, 0.25) is 0 Å². The SMILES string of the molecule is COC(=O)C1CCCCN1C(=O)N1CC(O)CC1C(=O)O. The van der Waals surface area contributed by atoms with Gasteiger partial charge in [-0.1, -0.05) is 0 Å². The van der Waals surface area contributed by atoms with Crippen molar-refractivity contribution in [2.75, 3.05) is 20.2 Å². The third kappa shape index (κ3) is 3.10. The molecule has 21 heavy (non-hydrogen) atoms. The van der Waals surface area contributed by atoms with E-state index >= 15 is 0 Å². The molecule has 0 aromatic rings. The van der Waals surface area contributed by atoms with Gasteiger partial charge in [0, 0.05) is 19.5 Å². The average molecular weight is 300 g/mol. The number of amides is 2. The van der Waals surface area contributed by atoms with Crippen molar-refractivity contribution in [3.8, 4) is 0 Å². The molecule has 2 aliphatic heterocycles. The van der Waals surface area contributed by atoms with Crippen LogP contribution in [0, 0.1) is 0 Å². The number of carboxylic acid groups (broad SMARTS) is 1. The fourth-order valence-corrected chi connectivity index (χ4v) is 2.97. The summed E-state index contributed by atoms with van der Waals surface area (Å²) >= 11 is 0. The molecule has 2 rings (SSSR count). The Morgan fingerprint density at radius 2 is 1.86 bits per heavy atom. The molecule has 2 heterocycles. The fourth-order valence-electron chi connectivity index (χ4n) is 2.97. The zero-order valence-corrected chi connectivity index (χ0v) is 11.9. The number of hydrogen-bond acceptors (Lipinski definition) is 5. The van der Waals surface area contributed by atoms with E-state index in [-0.39, 0.29) is 13.0 Å². The van der Waals surface area contributed by atoms with Gasteiger partial charge in [0.1, 0.15) is 12.1 Å². The maximum absolute atomic E-state index is 12.6. The van der Waals surface area contributed by atoms with Crippen LogP contribution in [0.2, 0.25) is 0 Å². The molecule has 0 aliphatic carbocycles. The van der Waals surface area contributed by atoms with Gasteiger partial charge in [-0.3, -0.25) is 0 Å². The summed E-state index contributed by atoms with van der Waals surface area (Å²) in [6.07, 6.45) is 1.24. The predicted molar refractivity (Wildman–Crippen MR) is 70.5 cm³/mol. The summed E-state index contributed by atoms with van der Waals surface area (Å²) in [5, 5.41) is 18.8. The second kappa shape index (κ2) is 6.30. The first-order chi connectivity index (χ1) is 9.95. The number of carbonyl (C=O) groups excluding carboxylic acids is 2. The molecule has 0 saturated carbocycles. The highest BCUT2D eigenvalue weighted by molar-refractivity contribution is 5.87. The second-order valence-electron chi connectivity index (χ2n) is 5.41. The van der Waals surface area contributed by atoms with E-state index in [0.717, 1.165) is 17.7 Å². The lowest BCUT2D eigenvalue weighted by Gasteiger charge is -2.37. The van der Waals surface area contributed by atoms with Gasteiger partial charge in [-0.05, 0) is 19.3 Å². The number of piperidine rings is 1. The van der Waals surface area contributed by atoms with Gasteiger partial charge in [0.05, 0.1) is 13.2 Å². The van der Waals surface area contributed by atoms with Crippen LogP contribution in [0.15, 0.2) is 0 Å². The third-order valence-electron chi connectivity index (χ3n) is 4.03. The van der Waals surface area contributed by atoms with Crippen LogP contribution in [-0.4, -0.2) is 76.4 Å².